The lowest BCUT2D eigenvalue weighted by atomic mass is 9.95. The zero-order valence-corrected chi connectivity index (χ0v) is 20.6. The highest BCUT2D eigenvalue weighted by molar-refractivity contribution is 14.0. The zero-order valence-electron chi connectivity index (χ0n) is 17.4. The Morgan fingerprint density at radius 2 is 1.83 bits per heavy atom. The highest BCUT2D eigenvalue weighted by atomic mass is 127. The van der Waals surface area contributed by atoms with Gasteiger partial charge in [0.05, 0.1) is 4.90 Å². The van der Waals surface area contributed by atoms with Crippen LogP contribution in [-0.4, -0.2) is 62.7 Å². The molecule has 0 bridgehead atoms. The molecule has 0 saturated carbocycles. The molecular formula is C20H32IN5O3S. The molecule has 8 nitrogen and oxygen atoms in total. The molecular weight excluding hydrogens is 517 g/mol. The first kappa shape index (κ1) is 24.9. The van der Waals surface area contributed by atoms with E-state index in [-0.39, 0.29) is 35.8 Å². The van der Waals surface area contributed by atoms with Gasteiger partial charge in [0.2, 0.25) is 15.9 Å². The van der Waals surface area contributed by atoms with Crippen LogP contribution < -0.4 is 11.1 Å². The van der Waals surface area contributed by atoms with Gasteiger partial charge < -0.3 is 16.0 Å². The molecule has 2 heterocycles. The van der Waals surface area contributed by atoms with E-state index in [1.165, 1.54) is 0 Å². The van der Waals surface area contributed by atoms with Gasteiger partial charge in [0.25, 0.3) is 0 Å². The van der Waals surface area contributed by atoms with Crippen LogP contribution in [0.15, 0.2) is 34.2 Å². The summed E-state index contributed by atoms with van der Waals surface area (Å²) in [7, 11) is -1.64. The minimum atomic E-state index is -3.38. The number of amides is 1. The molecule has 2 aliphatic rings. The minimum Gasteiger partial charge on any atom is -0.370 e. The van der Waals surface area contributed by atoms with Crippen molar-refractivity contribution in [1.29, 1.82) is 0 Å². The molecule has 3 N–H and O–H groups in total. The standard InChI is InChI=1S/C20H31N5O3S.HI/c1-22-20(24-10-4-5-17(15-24)13-19(21)26)23-14-16-6-8-18(9-7-16)29(27,28)25-11-2-3-12-25;/h6-9,17H,2-5,10-15H2,1H3,(H2,21,26)(H,22,23);1H. The molecule has 1 atom stereocenters. The van der Waals surface area contributed by atoms with E-state index in [4.69, 9.17) is 5.73 Å². The SMILES string of the molecule is CN=C(NCc1ccc(S(=O)(=O)N2CCCC2)cc1)N1CCCC(CC(N)=O)C1.I. The van der Waals surface area contributed by atoms with E-state index in [0.29, 0.717) is 31.0 Å². The van der Waals surface area contributed by atoms with Crippen LogP contribution in [0, 0.1) is 5.92 Å². The summed E-state index contributed by atoms with van der Waals surface area (Å²) in [5.74, 6) is 0.784. The summed E-state index contributed by atoms with van der Waals surface area (Å²) in [6.07, 6.45) is 4.26. The van der Waals surface area contributed by atoms with Gasteiger partial charge in [0, 0.05) is 46.2 Å². The number of piperidine rings is 1. The Bertz CT molecular complexity index is 839. The van der Waals surface area contributed by atoms with E-state index in [1.54, 1.807) is 23.5 Å². The zero-order chi connectivity index (χ0) is 20.9. The van der Waals surface area contributed by atoms with Crippen LogP contribution in [0.5, 0.6) is 0 Å². The molecule has 168 valence electrons. The molecule has 1 aromatic rings. The Labute approximate surface area is 196 Å². The van der Waals surface area contributed by atoms with Gasteiger partial charge in [-0.2, -0.15) is 4.31 Å². The fraction of sp³-hybridized carbons (Fsp3) is 0.600. The van der Waals surface area contributed by atoms with E-state index in [2.05, 4.69) is 15.2 Å². The van der Waals surface area contributed by atoms with Crippen molar-refractivity contribution in [3.63, 3.8) is 0 Å². The van der Waals surface area contributed by atoms with Crippen LogP contribution in [0.3, 0.4) is 0 Å². The molecule has 30 heavy (non-hydrogen) atoms. The number of nitrogens with one attached hydrogen (secondary N) is 1. The summed E-state index contributed by atoms with van der Waals surface area (Å²) in [4.78, 5) is 18.1. The van der Waals surface area contributed by atoms with Crippen LogP contribution in [0.1, 0.15) is 37.7 Å². The molecule has 2 fully saturated rings. The average molecular weight is 549 g/mol. The first-order valence-electron chi connectivity index (χ1n) is 10.2. The molecule has 10 heteroatoms. The maximum Gasteiger partial charge on any atom is 0.243 e. The summed E-state index contributed by atoms with van der Waals surface area (Å²) >= 11 is 0. The number of likely N-dealkylation sites (tertiary alicyclic amines) is 1. The van der Waals surface area contributed by atoms with Crippen molar-refractivity contribution in [3.8, 4) is 0 Å². The van der Waals surface area contributed by atoms with Gasteiger partial charge in [-0.05, 0) is 49.3 Å². The Hall–Kier alpha value is -1.40. The van der Waals surface area contributed by atoms with Gasteiger partial charge in [0.15, 0.2) is 5.96 Å². The molecule has 0 spiro atoms. The number of guanidine groups is 1. The second-order valence-corrected chi connectivity index (χ2v) is 9.72. The van der Waals surface area contributed by atoms with Crippen LogP contribution in [0.25, 0.3) is 0 Å². The lowest BCUT2D eigenvalue weighted by Crippen LogP contribution is -2.46. The second kappa shape index (κ2) is 11.3. The van der Waals surface area contributed by atoms with Crippen molar-refractivity contribution in [2.45, 2.75) is 43.5 Å². The first-order chi connectivity index (χ1) is 13.9. The highest BCUT2D eigenvalue weighted by Gasteiger charge is 2.27. The quantitative estimate of drug-likeness (QED) is 0.320. The van der Waals surface area contributed by atoms with E-state index >= 15 is 0 Å². The molecule has 0 radical (unpaired) electrons. The Balaban J connectivity index is 0.00000320. The Morgan fingerprint density at radius 1 is 1.17 bits per heavy atom. The van der Waals surface area contributed by atoms with Crippen LogP contribution in [0.2, 0.25) is 0 Å². The fourth-order valence-corrected chi connectivity index (χ4v) is 5.60. The highest BCUT2D eigenvalue weighted by Crippen LogP contribution is 2.22. The normalized spacial score (nSPS) is 20.6. The number of aliphatic imine (C=N–C) groups is 1. The third-order valence-electron chi connectivity index (χ3n) is 5.60. The summed E-state index contributed by atoms with van der Waals surface area (Å²) < 4.78 is 26.8. The molecule has 3 rings (SSSR count). The summed E-state index contributed by atoms with van der Waals surface area (Å²) in [6, 6.07) is 7.04. The van der Waals surface area contributed by atoms with Gasteiger partial charge in [-0.1, -0.05) is 12.1 Å². The number of halogens is 1. The van der Waals surface area contributed by atoms with Crippen LogP contribution >= 0.6 is 24.0 Å². The average Bonchev–Trinajstić information content (AvgIpc) is 3.24. The van der Waals surface area contributed by atoms with Crippen molar-refractivity contribution in [1.82, 2.24) is 14.5 Å². The number of hydrogen-bond acceptors (Lipinski definition) is 4. The van der Waals surface area contributed by atoms with Crippen LogP contribution in [-0.2, 0) is 21.4 Å². The van der Waals surface area contributed by atoms with Crippen molar-refractivity contribution >= 4 is 45.9 Å². The van der Waals surface area contributed by atoms with Gasteiger partial charge in [-0.15, -0.1) is 24.0 Å². The maximum atomic E-state index is 12.6. The summed E-state index contributed by atoms with van der Waals surface area (Å²) in [5, 5.41) is 3.34. The fourth-order valence-electron chi connectivity index (χ4n) is 4.08. The lowest BCUT2D eigenvalue weighted by Gasteiger charge is -2.34. The molecule has 2 saturated heterocycles. The number of benzene rings is 1. The van der Waals surface area contributed by atoms with E-state index < -0.39 is 10.0 Å². The number of nitrogens with zero attached hydrogens (tertiary/aromatic N) is 3. The van der Waals surface area contributed by atoms with Crippen molar-refractivity contribution < 1.29 is 13.2 Å². The maximum absolute atomic E-state index is 12.6. The number of carbonyl (C=O) groups excluding carboxylic acids is 1. The van der Waals surface area contributed by atoms with E-state index in [9.17, 15) is 13.2 Å². The third kappa shape index (κ3) is 6.30. The smallest absolute Gasteiger partial charge is 0.243 e. The van der Waals surface area contributed by atoms with Crippen molar-refractivity contribution in [2.75, 3.05) is 33.2 Å². The first-order valence-corrected chi connectivity index (χ1v) is 11.7. The van der Waals surface area contributed by atoms with Gasteiger partial charge in [-0.3, -0.25) is 9.79 Å². The number of nitrogens with two attached hydrogens (primary N) is 1. The monoisotopic (exact) mass is 549 g/mol. The topological polar surface area (TPSA) is 108 Å². The minimum absolute atomic E-state index is 0. The van der Waals surface area contributed by atoms with Gasteiger partial charge in [-0.25, -0.2) is 8.42 Å². The number of primary amides is 1. The number of carbonyl (C=O) groups is 1. The third-order valence-corrected chi connectivity index (χ3v) is 7.51. The number of rotatable bonds is 6. The molecule has 1 aromatic carbocycles. The predicted molar refractivity (Wildman–Crippen MR) is 128 cm³/mol. The predicted octanol–water partition coefficient (Wildman–Crippen LogP) is 1.75. The number of sulfonamides is 1. The molecule has 1 unspecified atom stereocenters. The van der Waals surface area contributed by atoms with E-state index in [0.717, 1.165) is 50.3 Å². The number of hydrogen-bond donors (Lipinski definition) is 2. The van der Waals surface area contributed by atoms with Gasteiger partial charge >= 0.3 is 0 Å². The second-order valence-electron chi connectivity index (χ2n) is 7.78. The van der Waals surface area contributed by atoms with Crippen molar-refractivity contribution in [2.24, 2.45) is 16.6 Å². The summed E-state index contributed by atoms with van der Waals surface area (Å²) in [6.45, 7) is 3.41. The largest absolute Gasteiger partial charge is 0.370 e. The molecule has 2 aliphatic heterocycles. The van der Waals surface area contributed by atoms with Crippen LogP contribution in [0.4, 0.5) is 0 Å². The van der Waals surface area contributed by atoms with Gasteiger partial charge in [0.1, 0.15) is 0 Å². The molecule has 0 aliphatic carbocycles. The Morgan fingerprint density at radius 3 is 2.43 bits per heavy atom. The Kier molecular flexibility index (Phi) is 9.35. The molecule has 0 aromatic heterocycles. The lowest BCUT2D eigenvalue weighted by molar-refractivity contribution is -0.119. The molecule has 1 amide bonds. The summed E-state index contributed by atoms with van der Waals surface area (Å²) in [5.41, 5.74) is 6.33. The van der Waals surface area contributed by atoms with E-state index in [1.807, 2.05) is 12.1 Å². The van der Waals surface area contributed by atoms with Crippen molar-refractivity contribution in [3.05, 3.63) is 29.8 Å².